The van der Waals surface area contributed by atoms with Gasteiger partial charge in [0.1, 0.15) is 10.5 Å². The molecule has 0 saturated carbocycles. The van der Waals surface area contributed by atoms with Crippen LogP contribution in [-0.2, 0) is 17.1 Å². The first kappa shape index (κ1) is 14.7. The molecular weight excluding hydrogens is 304 g/mol. The van der Waals surface area contributed by atoms with Crippen molar-refractivity contribution in [3.8, 4) is 0 Å². The number of hydrogen-bond donors (Lipinski definition) is 4. The molecule has 0 atom stereocenters. The van der Waals surface area contributed by atoms with Crippen LogP contribution in [-0.4, -0.2) is 34.1 Å². The zero-order chi connectivity index (χ0) is 15.8. The molecule has 12 heteroatoms. The summed E-state index contributed by atoms with van der Waals surface area (Å²) in [6.07, 6.45) is 2.00. The summed E-state index contributed by atoms with van der Waals surface area (Å²) in [6.45, 7) is 0. The number of nitrogens with two attached hydrogens (primary N) is 1. The van der Waals surface area contributed by atoms with E-state index in [1.54, 1.807) is 0 Å². The first-order chi connectivity index (χ1) is 9.68. The number of aryl methyl sites for hydroxylation is 1. The standard InChI is InChI=1S/C9H10N6O5S/c1-15-3-5(21(10,19)20)6(14-15)12-7(16)4-2-11-9(18)13-8(4)17/h2-3H,1H3,(H2,10,19,20)(H,12,14,16)(H2,11,13,17,18). The fourth-order valence-corrected chi connectivity index (χ4v) is 2.18. The molecule has 5 N–H and O–H groups in total. The van der Waals surface area contributed by atoms with E-state index in [0.29, 0.717) is 0 Å². The average Bonchev–Trinajstić information content (AvgIpc) is 2.69. The molecule has 0 saturated heterocycles. The zero-order valence-corrected chi connectivity index (χ0v) is 11.4. The van der Waals surface area contributed by atoms with Gasteiger partial charge >= 0.3 is 5.69 Å². The van der Waals surface area contributed by atoms with Crippen molar-refractivity contribution < 1.29 is 13.2 Å². The van der Waals surface area contributed by atoms with Gasteiger partial charge in [0.25, 0.3) is 11.5 Å². The zero-order valence-electron chi connectivity index (χ0n) is 10.6. The Morgan fingerprint density at radius 3 is 2.67 bits per heavy atom. The SMILES string of the molecule is Cn1cc(S(N)(=O)=O)c(NC(=O)c2c[nH]c(=O)[nH]c2=O)n1. The van der Waals surface area contributed by atoms with Gasteiger partial charge in [0.05, 0.1) is 0 Å². The van der Waals surface area contributed by atoms with Crippen LogP contribution in [0.3, 0.4) is 0 Å². The topological polar surface area (TPSA) is 173 Å². The van der Waals surface area contributed by atoms with Crippen molar-refractivity contribution in [3.63, 3.8) is 0 Å². The van der Waals surface area contributed by atoms with Crippen LogP contribution in [0, 0.1) is 0 Å². The predicted octanol–water partition coefficient (Wildman–Crippen LogP) is -2.30. The lowest BCUT2D eigenvalue weighted by molar-refractivity contribution is 0.102. The number of nitrogens with zero attached hydrogens (tertiary/aromatic N) is 2. The molecule has 11 nitrogen and oxygen atoms in total. The van der Waals surface area contributed by atoms with E-state index in [2.05, 4.69) is 15.4 Å². The number of primary sulfonamides is 1. The van der Waals surface area contributed by atoms with Crippen LogP contribution in [0.25, 0.3) is 0 Å². The van der Waals surface area contributed by atoms with Gasteiger partial charge in [-0.1, -0.05) is 0 Å². The fourth-order valence-electron chi connectivity index (χ4n) is 1.51. The average molecular weight is 314 g/mol. The minimum Gasteiger partial charge on any atom is -0.313 e. The van der Waals surface area contributed by atoms with E-state index in [9.17, 15) is 22.8 Å². The van der Waals surface area contributed by atoms with E-state index in [-0.39, 0.29) is 5.82 Å². The number of aromatic nitrogens is 4. The van der Waals surface area contributed by atoms with Gasteiger partial charge in [-0.2, -0.15) is 5.10 Å². The first-order valence-corrected chi connectivity index (χ1v) is 6.93. The molecule has 2 aromatic heterocycles. The van der Waals surface area contributed by atoms with Gasteiger partial charge in [-0.25, -0.2) is 18.4 Å². The molecular formula is C9H10N6O5S. The highest BCUT2D eigenvalue weighted by Gasteiger charge is 2.21. The lowest BCUT2D eigenvalue weighted by Crippen LogP contribution is -2.30. The van der Waals surface area contributed by atoms with E-state index in [0.717, 1.165) is 17.1 Å². The first-order valence-electron chi connectivity index (χ1n) is 5.38. The molecule has 0 bridgehead atoms. The molecule has 0 aliphatic carbocycles. The Morgan fingerprint density at radius 1 is 1.43 bits per heavy atom. The number of anilines is 1. The Bertz CT molecular complexity index is 921. The molecule has 0 aliphatic heterocycles. The van der Waals surface area contributed by atoms with Crippen LogP contribution in [0.15, 0.2) is 26.9 Å². The summed E-state index contributed by atoms with van der Waals surface area (Å²) >= 11 is 0. The van der Waals surface area contributed by atoms with E-state index < -0.39 is 37.6 Å². The van der Waals surface area contributed by atoms with Gasteiger partial charge in [-0.3, -0.25) is 19.3 Å². The van der Waals surface area contributed by atoms with Crippen molar-refractivity contribution in [2.45, 2.75) is 4.90 Å². The van der Waals surface area contributed by atoms with Crippen LogP contribution < -0.4 is 21.7 Å². The highest BCUT2D eigenvalue weighted by molar-refractivity contribution is 7.89. The van der Waals surface area contributed by atoms with Crippen molar-refractivity contribution in [3.05, 3.63) is 38.8 Å². The molecule has 112 valence electrons. The molecule has 21 heavy (non-hydrogen) atoms. The molecule has 0 radical (unpaired) electrons. The number of amides is 1. The van der Waals surface area contributed by atoms with Crippen LogP contribution in [0.2, 0.25) is 0 Å². The third kappa shape index (κ3) is 3.06. The predicted molar refractivity (Wildman–Crippen MR) is 70.2 cm³/mol. The van der Waals surface area contributed by atoms with E-state index in [1.807, 2.05) is 4.98 Å². The molecule has 0 spiro atoms. The smallest absolute Gasteiger partial charge is 0.313 e. The number of aromatic amines is 2. The third-order valence-electron chi connectivity index (χ3n) is 2.40. The van der Waals surface area contributed by atoms with E-state index in [4.69, 9.17) is 5.14 Å². The maximum absolute atomic E-state index is 11.9. The summed E-state index contributed by atoms with van der Waals surface area (Å²) in [6, 6.07) is 0. The maximum atomic E-state index is 11.9. The maximum Gasteiger partial charge on any atom is 0.325 e. The van der Waals surface area contributed by atoms with Gasteiger partial charge in [-0.05, 0) is 0 Å². The largest absolute Gasteiger partial charge is 0.325 e. The number of carbonyl (C=O) groups is 1. The van der Waals surface area contributed by atoms with Gasteiger partial charge in [-0.15, -0.1) is 0 Å². The molecule has 2 aromatic rings. The normalized spacial score (nSPS) is 11.3. The van der Waals surface area contributed by atoms with Crippen molar-refractivity contribution in [1.29, 1.82) is 0 Å². The second-order valence-electron chi connectivity index (χ2n) is 4.00. The van der Waals surface area contributed by atoms with Gasteiger partial charge < -0.3 is 10.3 Å². The molecule has 2 rings (SSSR count). The number of nitrogens with one attached hydrogen (secondary N) is 3. The number of sulfonamides is 1. The summed E-state index contributed by atoms with van der Waals surface area (Å²) in [5, 5.41) is 10.9. The molecule has 2 heterocycles. The number of carbonyl (C=O) groups excluding carboxylic acids is 1. The number of H-pyrrole nitrogens is 2. The summed E-state index contributed by atoms with van der Waals surface area (Å²) < 4.78 is 23.8. The third-order valence-corrected chi connectivity index (χ3v) is 3.31. The Labute approximate surface area is 116 Å². The van der Waals surface area contributed by atoms with E-state index >= 15 is 0 Å². The van der Waals surface area contributed by atoms with Crippen molar-refractivity contribution in [2.75, 3.05) is 5.32 Å². The Morgan fingerprint density at radius 2 is 2.10 bits per heavy atom. The molecule has 1 amide bonds. The minimum atomic E-state index is -4.10. The van der Waals surface area contributed by atoms with E-state index in [1.165, 1.54) is 7.05 Å². The van der Waals surface area contributed by atoms with Gasteiger partial charge in [0.15, 0.2) is 5.82 Å². The van der Waals surface area contributed by atoms with Crippen LogP contribution >= 0.6 is 0 Å². The lowest BCUT2D eigenvalue weighted by Gasteiger charge is -2.02. The van der Waals surface area contributed by atoms with Crippen molar-refractivity contribution in [2.24, 2.45) is 12.2 Å². The fraction of sp³-hybridized carbons (Fsp3) is 0.111. The minimum absolute atomic E-state index is 0.324. The number of rotatable bonds is 3. The summed E-state index contributed by atoms with van der Waals surface area (Å²) in [7, 11) is -2.67. The van der Waals surface area contributed by atoms with Crippen LogP contribution in [0.4, 0.5) is 5.82 Å². The quantitative estimate of drug-likeness (QED) is 0.495. The van der Waals surface area contributed by atoms with Gasteiger partial charge in [0.2, 0.25) is 10.0 Å². The Balaban J connectivity index is 2.41. The molecule has 0 fully saturated rings. The number of hydrogen-bond acceptors (Lipinski definition) is 6. The molecule has 0 aromatic carbocycles. The van der Waals surface area contributed by atoms with Gasteiger partial charge in [0, 0.05) is 19.4 Å². The Kier molecular flexibility index (Phi) is 3.49. The van der Waals surface area contributed by atoms with Crippen LogP contribution in [0.5, 0.6) is 0 Å². The molecule has 0 unspecified atom stereocenters. The van der Waals surface area contributed by atoms with Crippen LogP contribution in [0.1, 0.15) is 10.4 Å². The van der Waals surface area contributed by atoms with Crippen molar-refractivity contribution >= 4 is 21.7 Å². The second-order valence-corrected chi connectivity index (χ2v) is 5.53. The highest BCUT2D eigenvalue weighted by atomic mass is 32.2. The van der Waals surface area contributed by atoms with Crippen molar-refractivity contribution in [1.82, 2.24) is 19.7 Å². The summed E-state index contributed by atoms with van der Waals surface area (Å²) in [5.74, 6) is -1.27. The lowest BCUT2D eigenvalue weighted by atomic mass is 10.3. The molecule has 0 aliphatic rings. The monoisotopic (exact) mass is 314 g/mol. The second kappa shape index (κ2) is 4.99. The Hall–Kier alpha value is -2.73. The summed E-state index contributed by atoms with van der Waals surface area (Å²) in [5.41, 5.74) is -2.12. The summed E-state index contributed by atoms with van der Waals surface area (Å²) in [4.78, 5) is 37.8. The highest BCUT2D eigenvalue weighted by Crippen LogP contribution is 2.17.